The third-order valence-corrected chi connectivity index (χ3v) is 5.25. The van der Waals surface area contributed by atoms with Crippen molar-refractivity contribution in [3.05, 3.63) is 29.8 Å². The van der Waals surface area contributed by atoms with Gasteiger partial charge in [-0.3, -0.25) is 9.80 Å². The van der Waals surface area contributed by atoms with E-state index in [1.165, 1.54) is 10.5 Å². The van der Waals surface area contributed by atoms with E-state index >= 15 is 0 Å². The molecule has 0 radical (unpaired) electrons. The van der Waals surface area contributed by atoms with Crippen LogP contribution in [-0.4, -0.2) is 54.8 Å². The first-order valence-corrected chi connectivity index (χ1v) is 8.49. The zero-order valence-corrected chi connectivity index (χ0v) is 13.9. The molecule has 4 heteroatoms. The van der Waals surface area contributed by atoms with Gasteiger partial charge in [0.05, 0.1) is 0 Å². The first kappa shape index (κ1) is 15.8. The Morgan fingerprint density at radius 1 is 1.25 bits per heavy atom. The Hall–Kier alpha value is -0.550. The summed E-state index contributed by atoms with van der Waals surface area (Å²) in [4.78, 5) is 6.28. The topological polar surface area (TPSA) is 32.5 Å². The lowest BCUT2D eigenvalue weighted by Gasteiger charge is -2.48. The minimum absolute atomic E-state index is 0.213. The van der Waals surface area contributed by atoms with E-state index in [4.69, 9.17) is 5.73 Å². The van der Waals surface area contributed by atoms with Crippen LogP contribution in [0.4, 0.5) is 0 Å². The first-order valence-electron chi connectivity index (χ1n) is 7.27. The van der Waals surface area contributed by atoms with Gasteiger partial charge in [-0.25, -0.2) is 0 Å². The number of hydrogen-bond donors (Lipinski definition) is 1. The molecule has 20 heavy (non-hydrogen) atoms. The zero-order chi connectivity index (χ0) is 14.8. The summed E-state index contributed by atoms with van der Waals surface area (Å²) in [6.07, 6.45) is 2.11. The van der Waals surface area contributed by atoms with Gasteiger partial charge in [-0.1, -0.05) is 12.1 Å². The minimum Gasteiger partial charge on any atom is -0.329 e. The van der Waals surface area contributed by atoms with Crippen molar-refractivity contribution in [1.82, 2.24) is 9.80 Å². The number of rotatable bonds is 4. The molecule has 0 amide bonds. The Morgan fingerprint density at radius 2 is 1.90 bits per heavy atom. The van der Waals surface area contributed by atoms with Gasteiger partial charge in [-0.2, -0.15) is 0 Å². The average Bonchev–Trinajstić information content (AvgIpc) is 2.44. The molecular formula is C16H27N3S. The van der Waals surface area contributed by atoms with Crippen LogP contribution in [0.15, 0.2) is 29.2 Å². The Morgan fingerprint density at radius 3 is 2.40 bits per heavy atom. The SMILES string of the molecule is CSc1ccc(C(CN)N2CCN(C)C(C)(C)C2)cc1. The molecule has 0 spiro atoms. The molecule has 1 aliphatic heterocycles. The van der Waals surface area contributed by atoms with E-state index in [1.807, 2.05) is 0 Å². The molecule has 1 unspecified atom stereocenters. The molecule has 3 nitrogen and oxygen atoms in total. The molecule has 0 aliphatic carbocycles. The molecular weight excluding hydrogens is 266 g/mol. The lowest BCUT2D eigenvalue weighted by Crippen LogP contribution is -2.58. The molecule has 1 aromatic carbocycles. The highest BCUT2D eigenvalue weighted by atomic mass is 32.2. The van der Waals surface area contributed by atoms with Crippen LogP contribution >= 0.6 is 11.8 Å². The van der Waals surface area contributed by atoms with Gasteiger partial charge in [-0.05, 0) is 44.8 Å². The maximum Gasteiger partial charge on any atom is 0.0471 e. The molecule has 1 saturated heterocycles. The zero-order valence-electron chi connectivity index (χ0n) is 13.1. The van der Waals surface area contributed by atoms with Crippen LogP contribution in [-0.2, 0) is 0 Å². The Kier molecular flexibility index (Phi) is 5.13. The summed E-state index contributed by atoms with van der Waals surface area (Å²) < 4.78 is 0. The summed E-state index contributed by atoms with van der Waals surface area (Å²) in [6, 6.07) is 9.19. The smallest absolute Gasteiger partial charge is 0.0471 e. The van der Waals surface area contributed by atoms with Gasteiger partial charge < -0.3 is 5.73 Å². The Labute approximate surface area is 127 Å². The third kappa shape index (κ3) is 3.37. The number of benzene rings is 1. The monoisotopic (exact) mass is 293 g/mol. The van der Waals surface area contributed by atoms with E-state index in [1.54, 1.807) is 11.8 Å². The van der Waals surface area contributed by atoms with Crippen molar-refractivity contribution in [2.75, 3.05) is 39.5 Å². The number of thioether (sulfide) groups is 1. The molecule has 1 aromatic rings. The number of piperazine rings is 1. The van der Waals surface area contributed by atoms with Crippen LogP contribution in [0, 0.1) is 0 Å². The lowest BCUT2D eigenvalue weighted by molar-refractivity contribution is 0.0180. The molecule has 0 bridgehead atoms. The second-order valence-electron chi connectivity index (χ2n) is 6.23. The Bertz CT molecular complexity index is 430. The normalized spacial score (nSPS) is 21.9. The molecule has 2 N–H and O–H groups in total. The molecule has 2 rings (SSSR count). The number of nitrogens with zero attached hydrogens (tertiary/aromatic N) is 2. The van der Waals surface area contributed by atoms with Crippen LogP contribution in [0.2, 0.25) is 0 Å². The van der Waals surface area contributed by atoms with Crippen molar-refractivity contribution in [3.63, 3.8) is 0 Å². The second-order valence-corrected chi connectivity index (χ2v) is 7.11. The van der Waals surface area contributed by atoms with Crippen LogP contribution < -0.4 is 5.73 Å². The van der Waals surface area contributed by atoms with Gasteiger partial charge in [0.15, 0.2) is 0 Å². The summed E-state index contributed by atoms with van der Waals surface area (Å²) in [7, 11) is 2.21. The van der Waals surface area contributed by atoms with Crippen molar-refractivity contribution >= 4 is 11.8 Å². The van der Waals surface area contributed by atoms with E-state index in [2.05, 4.69) is 61.2 Å². The number of likely N-dealkylation sites (N-methyl/N-ethyl adjacent to an activating group) is 1. The molecule has 0 aromatic heterocycles. The van der Waals surface area contributed by atoms with E-state index in [0.717, 1.165) is 19.6 Å². The van der Waals surface area contributed by atoms with Crippen molar-refractivity contribution in [1.29, 1.82) is 0 Å². The summed E-state index contributed by atoms with van der Waals surface area (Å²) in [5.41, 5.74) is 7.62. The van der Waals surface area contributed by atoms with Crippen LogP contribution in [0.25, 0.3) is 0 Å². The predicted molar refractivity (Wildman–Crippen MR) is 88.3 cm³/mol. The quantitative estimate of drug-likeness (QED) is 0.864. The van der Waals surface area contributed by atoms with Gasteiger partial charge in [0.25, 0.3) is 0 Å². The number of hydrogen-bond acceptors (Lipinski definition) is 4. The van der Waals surface area contributed by atoms with Gasteiger partial charge in [-0.15, -0.1) is 11.8 Å². The highest BCUT2D eigenvalue weighted by Crippen LogP contribution is 2.28. The maximum atomic E-state index is 6.07. The van der Waals surface area contributed by atoms with Crippen molar-refractivity contribution in [3.8, 4) is 0 Å². The largest absolute Gasteiger partial charge is 0.329 e. The van der Waals surface area contributed by atoms with Crippen molar-refractivity contribution in [2.45, 2.75) is 30.3 Å². The fraction of sp³-hybridized carbons (Fsp3) is 0.625. The van der Waals surface area contributed by atoms with Gasteiger partial charge >= 0.3 is 0 Å². The average molecular weight is 293 g/mol. The van der Waals surface area contributed by atoms with Crippen molar-refractivity contribution < 1.29 is 0 Å². The van der Waals surface area contributed by atoms with Crippen LogP contribution in [0.3, 0.4) is 0 Å². The van der Waals surface area contributed by atoms with E-state index in [9.17, 15) is 0 Å². The van der Waals surface area contributed by atoms with E-state index in [-0.39, 0.29) is 5.54 Å². The summed E-state index contributed by atoms with van der Waals surface area (Å²) in [6.45, 7) is 8.56. The lowest BCUT2D eigenvalue weighted by atomic mass is 9.96. The van der Waals surface area contributed by atoms with Crippen LogP contribution in [0.1, 0.15) is 25.5 Å². The molecule has 1 atom stereocenters. The first-order chi connectivity index (χ1) is 9.47. The van der Waals surface area contributed by atoms with Crippen LogP contribution in [0.5, 0.6) is 0 Å². The number of nitrogens with two attached hydrogens (primary N) is 1. The molecule has 1 aliphatic rings. The van der Waals surface area contributed by atoms with Gasteiger partial charge in [0, 0.05) is 42.7 Å². The summed E-state index contributed by atoms with van der Waals surface area (Å²) in [5, 5.41) is 0. The van der Waals surface area contributed by atoms with Gasteiger partial charge in [0.2, 0.25) is 0 Å². The highest BCUT2D eigenvalue weighted by Gasteiger charge is 2.34. The molecule has 1 fully saturated rings. The van der Waals surface area contributed by atoms with E-state index in [0.29, 0.717) is 12.6 Å². The highest BCUT2D eigenvalue weighted by molar-refractivity contribution is 7.98. The molecule has 0 saturated carbocycles. The minimum atomic E-state index is 0.213. The molecule has 112 valence electrons. The van der Waals surface area contributed by atoms with Gasteiger partial charge in [0.1, 0.15) is 0 Å². The summed E-state index contributed by atoms with van der Waals surface area (Å²) in [5.74, 6) is 0. The Balaban J connectivity index is 2.15. The second kappa shape index (κ2) is 6.48. The maximum absolute atomic E-state index is 6.07. The fourth-order valence-electron chi connectivity index (χ4n) is 2.87. The van der Waals surface area contributed by atoms with E-state index < -0.39 is 0 Å². The predicted octanol–water partition coefficient (Wildman–Crippen LogP) is 2.43. The van der Waals surface area contributed by atoms with Crippen molar-refractivity contribution in [2.24, 2.45) is 5.73 Å². The third-order valence-electron chi connectivity index (χ3n) is 4.51. The standard InChI is InChI=1S/C16H27N3S/c1-16(2)12-19(10-9-18(16)3)15(11-17)13-5-7-14(20-4)8-6-13/h5-8,15H,9-12,17H2,1-4H3. The summed E-state index contributed by atoms with van der Waals surface area (Å²) >= 11 is 1.78. The molecule has 1 heterocycles. The fourth-order valence-corrected chi connectivity index (χ4v) is 3.27.